The second-order valence-corrected chi connectivity index (χ2v) is 5.82. The molecule has 3 nitrogen and oxygen atoms in total. The van der Waals surface area contributed by atoms with Crippen molar-refractivity contribution in [2.75, 3.05) is 39.9 Å². The smallest absolute Gasteiger partial charge is 0.0613 e. The summed E-state index contributed by atoms with van der Waals surface area (Å²) in [4.78, 5) is 2.59. The average molecular weight is 242 g/mol. The third-order valence-electron chi connectivity index (χ3n) is 4.25. The Labute approximate surface area is 107 Å². The van der Waals surface area contributed by atoms with Gasteiger partial charge in [-0.3, -0.25) is 0 Å². The van der Waals surface area contributed by atoms with E-state index in [1.807, 2.05) is 0 Å². The molecule has 1 atom stereocenters. The quantitative estimate of drug-likeness (QED) is 0.740. The highest BCUT2D eigenvalue weighted by Crippen LogP contribution is 2.33. The molecule has 1 saturated heterocycles. The van der Waals surface area contributed by atoms with Crippen LogP contribution < -0.4 is 5.32 Å². The van der Waals surface area contributed by atoms with Crippen LogP contribution in [0.15, 0.2) is 0 Å². The molecule has 0 saturated carbocycles. The number of likely N-dealkylation sites (tertiary alicyclic amines) is 1. The topological polar surface area (TPSA) is 24.5 Å². The van der Waals surface area contributed by atoms with Crippen LogP contribution in [0, 0.1) is 5.41 Å². The fraction of sp³-hybridized carbons (Fsp3) is 1.00. The van der Waals surface area contributed by atoms with Crippen molar-refractivity contribution in [2.45, 2.75) is 46.1 Å². The average Bonchev–Trinajstić information content (AvgIpc) is 2.32. The number of nitrogens with one attached hydrogen (secondary N) is 1. The molecule has 0 aliphatic carbocycles. The third kappa shape index (κ3) is 5.36. The van der Waals surface area contributed by atoms with Crippen molar-refractivity contribution >= 4 is 0 Å². The van der Waals surface area contributed by atoms with E-state index >= 15 is 0 Å². The summed E-state index contributed by atoms with van der Waals surface area (Å²) in [6.07, 6.45) is 4.04. The molecule has 17 heavy (non-hydrogen) atoms. The molecule has 0 aromatic heterocycles. The Morgan fingerprint density at radius 1 is 1.35 bits per heavy atom. The molecule has 1 unspecified atom stereocenters. The Hall–Kier alpha value is -0.120. The third-order valence-corrected chi connectivity index (χ3v) is 4.25. The van der Waals surface area contributed by atoms with E-state index < -0.39 is 0 Å². The van der Waals surface area contributed by atoms with Gasteiger partial charge < -0.3 is 15.0 Å². The SMILES string of the molecule is CCC1(C)CCN(CCNC(C)COC)CC1. The monoisotopic (exact) mass is 242 g/mol. The molecular formula is C14H30N2O. The van der Waals surface area contributed by atoms with Crippen LogP contribution in [0.25, 0.3) is 0 Å². The molecular weight excluding hydrogens is 212 g/mol. The summed E-state index contributed by atoms with van der Waals surface area (Å²) in [6.45, 7) is 12.5. The Bertz CT molecular complexity index is 200. The van der Waals surface area contributed by atoms with E-state index in [0.717, 1.165) is 13.2 Å². The minimum atomic E-state index is 0.464. The molecule has 0 aromatic carbocycles. The van der Waals surface area contributed by atoms with Crippen molar-refractivity contribution < 1.29 is 4.74 Å². The normalized spacial score (nSPS) is 22.6. The van der Waals surface area contributed by atoms with Crippen LogP contribution in [0.1, 0.15) is 40.0 Å². The Morgan fingerprint density at radius 2 is 2.00 bits per heavy atom. The molecule has 0 bridgehead atoms. The lowest BCUT2D eigenvalue weighted by molar-refractivity contribution is 0.112. The van der Waals surface area contributed by atoms with Crippen molar-refractivity contribution in [3.63, 3.8) is 0 Å². The van der Waals surface area contributed by atoms with Crippen molar-refractivity contribution in [3.05, 3.63) is 0 Å². The van der Waals surface area contributed by atoms with Crippen LogP contribution in [0.5, 0.6) is 0 Å². The van der Waals surface area contributed by atoms with Crippen LogP contribution >= 0.6 is 0 Å². The number of ether oxygens (including phenoxy) is 1. The second-order valence-electron chi connectivity index (χ2n) is 5.82. The van der Waals surface area contributed by atoms with E-state index in [9.17, 15) is 0 Å². The Kier molecular flexibility index (Phi) is 6.45. The van der Waals surface area contributed by atoms with Gasteiger partial charge in [-0.15, -0.1) is 0 Å². The Morgan fingerprint density at radius 3 is 2.53 bits per heavy atom. The summed E-state index contributed by atoms with van der Waals surface area (Å²) < 4.78 is 5.11. The first-order chi connectivity index (χ1) is 8.09. The fourth-order valence-electron chi connectivity index (χ4n) is 2.45. The van der Waals surface area contributed by atoms with Gasteiger partial charge >= 0.3 is 0 Å². The number of hydrogen-bond acceptors (Lipinski definition) is 3. The summed E-state index contributed by atoms with van der Waals surface area (Å²) >= 11 is 0. The summed E-state index contributed by atoms with van der Waals surface area (Å²) in [6, 6.07) is 0.464. The largest absolute Gasteiger partial charge is 0.383 e. The van der Waals surface area contributed by atoms with E-state index in [1.165, 1.54) is 38.9 Å². The maximum Gasteiger partial charge on any atom is 0.0613 e. The van der Waals surface area contributed by atoms with Crippen LogP contribution in [0.4, 0.5) is 0 Å². The first kappa shape index (κ1) is 14.9. The molecule has 1 aliphatic rings. The number of methoxy groups -OCH3 is 1. The molecule has 3 heteroatoms. The molecule has 1 rings (SSSR count). The van der Waals surface area contributed by atoms with Crippen LogP contribution in [-0.4, -0.2) is 50.8 Å². The van der Waals surface area contributed by atoms with Crippen molar-refractivity contribution in [3.8, 4) is 0 Å². The minimum Gasteiger partial charge on any atom is -0.383 e. The Balaban J connectivity index is 2.10. The highest BCUT2D eigenvalue weighted by atomic mass is 16.5. The lowest BCUT2D eigenvalue weighted by Crippen LogP contribution is -2.43. The van der Waals surface area contributed by atoms with E-state index in [-0.39, 0.29) is 0 Å². The van der Waals surface area contributed by atoms with E-state index in [2.05, 4.69) is 31.0 Å². The van der Waals surface area contributed by atoms with Crippen LogP contribution in [0.2, 0.25) is 0 Å². The first-order valence-corrected chi connectivity index (χ1v) is 7.04. The highest BCUT2D eigenvalue weighted by Gasteiger charge is 2.27. The summed E-state index contributed by atoms with van der Waals surface area (Å²) in [5.41, 5.74) is 0.604. The number of piperidine rings is 1. The lowest BCUT2D eigenvalue weighted by Gasteiger charge is -2.39. The highest BCUT2D eigenvalue weighted by molar-refractivity contribution is 4.81. The summed E-state index contributed by atoms with van der Waals surface area (Å²) in [5.74, 6) is 0. The fourth-order valence-corrected chi connectivity index (χ4v) is 2.45. The van der Waals surface area contributed by atoms with E-state index in [4.69, 9.17) is 4.74 Å². The van der Waals surface area contributed by atoms with Gasteiger partial charge in [-0.05, 0) is 38.3 Å². The van der Waals surface area contributed by atoms with Crippen molar-refractivity contribution in [2.24, 2.45) is 5.41 Å². The van der Waals surface area contributed by atoms with Gasteiger partial charge in [-0.25, -0.2) is 0 Å². The molecule has 1 fully saturated rings. The first-order valence-electron chi connectivity index (χ1n) is 7.04. The summed E-state index contributed by atoms with van der Waals surface area (Å²) in [7, 11) is 1.76. The molecule has 1 aliphatic heterocycles. The maximum absolute atomic E-state index is 5.11. The van der Waals surface area contributed by atoms with E-state index in [1.54, 1.807) is 7.11 Å². The zero-order valence-corrected chi connectivity index (χ0v) is 12.1. The van der Waals surface area contributed by atoms with Crippen molar-refractivity contribution in [1.29, 1.82) is 0 Å². The zero-order valence-electron chi connectivity index (χ0n) is 12.1. The van der Waals surface area contributed by atoms with Gasteiger partial charge in [0.2, 0.25) is 0 Å². The van der Waals surface area contributed by atoms with Crippen LogP contribution in [0.3, 0.4) is 0 Å². The number of hydrogen-bond donors (Lipinski definition) is 1. The second kappa shape index (κ2) is 7.34. The van der Waals surface area contributed by atoms with E-state index in [0.29, 0.717) is 11.5 Å². The minimum absolute atomic E-state index is 0.464. The molecule has 1 heterocycles. The molecule has 102 valence electrons. The molecule has 0 aromatic rings. The summed E-state index contributed by atoms with van der Waals surface area (Å²) in [5, 5.41) is 3.50. The number of nitrogens with zero attached hydrogens (tertiary/aromatic N) is 1. The van der Waals surface area contributed by atoms with Gasteiger partial charge in [0.05, 0.1) is 6.61 Å². The maximum atomic E-state index is 5.11. The van der Waals surface area contributed by atoms with Crippen molar-refractivity contribution in [1.82, 2.24) is 10.2 Å². The lowest BCUT2D eigenvalue weighted by atomic mass is 9.78. The predicted octanol–water partition coefficient (Wildman–Crippen LogP) is 2.12. The standard InChI is InChI=1S/C14H30N2O/c1-5-14(3)6-9-16(10-7-14)11-8-15-13(2)12-17-4/h13,15H,5-12H2,1-4H3. The molecule has 0 radical (unpaired) electrons. The van der Waals surface area contributed by atoms with Gasteiger partial charge in [0, 0.05) is 26.2 Å². The number of rotatable bonds is 7. The van der Waals surface area contributed by atoms with Gasteiger partial charge in [0.1, 0.15) is 0 Å². The molecule has 0 amide bonds. The molecule has 0 spiro atoms. The van der Waals surface area contributed by atoms with Gasteiger partial charge in [-0.2, -0.15) is 0 Å². The zero-order chi connectivity index (χ0) is 12.7. The van der Waals surface area contributed by atoms with Gasteiger partial charge in [0.25, 0.3) is 0 Å². The van der Waals surface area contributed by atoms with Gasteiger partial charge in [-0.1, -0.05) is 20.3 Å². The molecule has 1 N–H and O–H groups in total. The predicted molar refractivity (Wildman–Crippen MR) is 73.4 cm³/mol. The van der Waals surface area contributed by atoms with Crippen LogP contribution in [-0.2, 0) is 4.74 Å². The van der Waals surface area contributed by atoms with Gasteiger partial charge in [0.15, 0.2) is 0 Å².